The van der Waals surface area contributed by atoms with Crippen molar-refractivity contribution in [2.45, 2.75) is 31.7 Å². The Hall–Kier alpha value is -2.97. The number of carboxylic acids is 1. The zero-order chi connectivity index (χ0) is 20.6. The maximum atomic E-state index is 13.0. The normalized spacial score (nSPS) is 24.9. The summed E-state index contributed by atoms with van der Waals surface area (Å²) in [5.74, 6) is -3.12. The SMILES string of the molecule is C=C(C)C(C(=O)NC1(OC)C(=O)N2C(C(=O)O)=C(C)COC21)c1ccccc1. The van der Waals surface area contributed by atoms with Gasteiger partial charge in [-0.05, 0) is 25.0 Å². The fraction of sp³-hybridized carbons (Fsp3) is 0.350. The number of rotatable bonds is 6. The lowest BCUT2D eigenvalue weighted by molar-refractivity contribution is -0.258. The third-order valence-corrected chi connectivity index (χ3v) is 4.94. The number of carbonyl (C=O) groups excluding carboxylic acids is 2. The average molecular weight is 386 g/mol. The van der Waals surface area contributed by atoms with E-state index < -0.39 is 35.7 Å². The summed E-state index contributed by atoms with van der Waals surface area (Å²) < 4.78 is 11.0. The number of carbonyl (C=O) groups is 3. The first kappa shape index (κ1) is 19.8. The van der Waals surface area contributed by atoms with Crippen LogP contribution in [0.15, 0.2) is 53.8 Å². The maximum Gasteiger partial charge on any atom is 0.352 e. The molecule has 1 fully saturated rings. The molecule has 2 heterocycles. The third-order valence-electron chi connectivity index (χ3n) is 4.94. The second-order valence-electron chi connectivity index (χ2n) is 6.89. The second kappa shape index (κ2) is 7.21. The Balaban J connectivity index is 1.90. The number of hydrogen-bond acceptors (Lipinski definition) is 5. The molecule has 0 radical (unpaired) electrons. The minimum Gasteiger partial charge on any atom is -0.477 e. The van der Waals surface area contributed by atoms with Crippen molar-refractivity contribution in [3.8, 4) is 0 Å². The van der Waals surface area contributed by atoms with E-state index in [1.54, 1.807) is 38.1 Å². The molecule has 1 aromatic rings. The van der Waals surface area contributed by atoms with Crippen LogP contribution < -0.4 is 5.32 Å². The van der Waals surface area contributed by atoms with Gasteiger partial charge in [0.1, 0.15) is 5.70 Å². The van der Waals surface area contributed by atoms with Crippen LogP contribution in [0.25, 0.3) is 0 Å². The molecule has 1 aromatic carbocycles. The topological polar surface area (TPSA) is 105 Å². The Morgan fingerprint density at radius 3 is 2.57 bits per heavy atom. The van der Waals surface area contributed by atoms with Crippen molar-refractivity contribution < 1.29 is 29.0 Å². The number of β-lactam (4-membered cyclic amide) rings is 1. The minimum atomic E-state index is -1.79. The summed E-state index contributed by atoms with van der Waals surface area (Å²) in [7, 11) is 1.27. The van der Waals surface area contributed by atoms with E-state index in [0.29, 0.717) is 16.7 Å². The number of nitrogens with zero attached hydrogens (tertiary/aromatic N) is 1. The molecule has 2 amide bonds. The molecule has 3 atom stereocenters. The van der Waals surface area contributed by atoms with Gasteiger partial charge in [-0.3, -0.25) is 14.5 Å². The van der Waals surface area contributed by atoms with Gasteiger partial charge in [0.2, 0.25) is 5.91 Å². The molecule has 8 nitrogen and oxygen atoms in total. The number of fused-ring (bicyclic) bond motifs is 1. The number of carboxylic acid groups (broad SMARTS) is 1. The molecule has 2 aliphatic heterocycles. The largest absolute Gasteiger partial charge is 0.477 e. The number of amides is 2. The van der Waals surface area contributed by atoms with E-state index in [1.165, 1.54) is 7.11 Å². The summed E-state index contributed by atoms with van der Waals surface area (Å²) in [5.41, 5.74) is -0.222. The lowest BCUT2D eigenvalue weighted by Gasteiger charge is -2.55. The number of benzene rings is 1. The zero-order valence-electron chi connectivity index (χ0n) is 15.9. The van der Waals surface area contributed by atoms with E-state index in [2.05, 4.69) is 11.9 Å². The van der Waals surface area contributed by atoms with E-state index in [9.17, 15) is 19.5 Å². The Morgan fingerprint density at radius 1 is 1.39 bits per heavy atom. The van der Waals surface area contributed by atoms with Crippen molar-refractivity contribution >= 4 is 17.8 Å². The number of ether oxygens (including phenoxy) is 2. The fourth-order valence-corrected chi connectivity index (χ4v) is 3.60. The highest BCUT2D eigenvalue weighted by Crippen LogP contribution is 2.40. The first-order valence-corrected chi connectivity index (χ1v) is 8.70. The van der Waals surface area contributed by atoms with Crippen molar-refractivity contribution in [3.63, 3.8) is 0 Å². The van der Waals surface area contributed by atoms with Crippen LogP contribution in [0.3, 0.4) is 0 Å². The van der Waals surface area contributed by atoms with Gasteiger partial charge in [0.25, 0.3) is 11.6 Å². The van der Waals surface area contributed by atoms with Gasteiger partial charge in [-0.25, -0.2) is 4.79 Å². The standard InChI is InChI=1S/C20H22N2O6/c1-11(2)14(13-8-6-5-7-9-13)16(23)21-20(27-4)18(26)22-15(17(24)25)12(3)10-28-19(20)22/h5-9,14,19H,1,10H2,2-4H3,(H,21,23)(H,24,25). The second-order valence-corrected chi connectivity index (χ2v) is 6.89. The van der Waals surface area contributed by atoms with Gasteiger partial charge in [0.15, 0.2) is 6.23 Å². The Kier molecular flexibility index (Phi) is 5.10. The van der Waals surface area contributed by atoms with Crippen LogP contribution in [0.1, 0.15) is 25.3 Å². The minimum absolute atomic E-state index is 0.0136. The Bertz CT molecular complexity index is 878. The Morgan fingerprint density at radius 2 is 2.04 bits per heavy atom. The van der Waals surface area contributed by atoms with E-state index in [4.69, 9.17) is 9.47 Å². The Labute approximate surface area is 162 Å². The van der Waals surface area contributed by atoms with Crippen molar-refractivity contribution in [3.05, 3.63) is 59.3 Å². The molecule has 0 aliphatic carbocycles. The van der Waals surface area contributed by atoms with Crippen LogP contribution in [0.2, 0.25) is 0 Å². The third kappa shape index (κ3) is 2.90. The predicted molar refractivity (Wildman–Crippen MR) is 98.8 cm³/mol. The molecule has 148 valence electrons. The predicted octanol–water partition coefficient (Wildman–Crippen LogP) is 1.36. The van der Waals surface area contributed by atoms with E-state index in [1.807, 2.05) is 6.07 Å². The van der Waals surface area contributed by atoms with Gasteiger partial charge in [0, 0.05) is 7.11 Å². The van der Waals surface area contributed by atoms with Crippen LogP contribution in [0.4, 0.5) is 0 Å². The van der Waals surface area contributed by atoms with Crippen LogP contribution in [-0.4, -0.2) is 53.5 Å². The molecule has 8 heteroatoms. The molecule has 0 spiro atoms. The summed E-state index contributed by atoms with van der Waals surface area (Å²) in [6.45, 7) is 7.19. The molecule has 1 saturated heterocycles. The summed E-state index contributed by atoms with van der Waals surface area (Å²) in [6.07, 6.45) is -1.06. The average Bonchev–Trinajstić information content (AvgIpc) is 2.66. The van der Waals surface area contributed by atoms with Crippen LogP contribution in [0.5, 0.6) is 0 Å². The first-order valence-electron chi connectivity index (χ1n) is 8.70. The monoisotopic (exact) mass is 386 g/mol. The molecule has 3 rings (SSSR count). The molecule has 0 aromatic heterocycles. The van der Waals surface area contributed by atoms with Gasteiger partial charge in [0.05, 0.1) is 12.5 Å². The molecule has 0 bridgehead atoms. The van der Waals surface area contributed by atoms with E-state index in [-0.39, 0.29) is 12.3 Å². The van der Waals surface area contributed by atoms with Crippen LogP contribution >= 0.6 is 0 Å². The summed E-state index contributed by atoms with van der Waals surface area (Å²) >= 11 is 0. The van der Waals surface area contributed by atoms with Crippen molar-refractivity contribution in [1.82, 2.24) is 10.2 Å². The summed E-state index contributed by atoms with van der Waals surface area (Å²) in [6, 6.07) is 9.02. The van der Waals surface area contributed by atoms with Crippen molar-refractivity contribution in [2.24, 2.45) is 0 Å². The van der Waals surface area contributed by atoms with Gasteiger partial charge in [-0.15, -0.1) is 0 Å². The highest BCUT2D eigenvalue weighted by atomic mass is 16.6. The number of hydrogen-bond donors (Lipinski definition) is 2. The fourth-order valence-electron chi connectivity index (χ4n) is 3.60. The van der Waals surface area contributed by atoms with Crippen LogP contribution in [-0.2, 0) is 23.9 Å². The quantitative estimate of drug-likeness (QED) is 0.435. The number of nitrogens with one attached hydrogen (secondary N) is 1. The van der Waals surface area contributed by atoms with Gasteiger partial charge in [-0.1, -0.05) is 42.5 Å². The highest BCUT2D eigenvalue weighted by Gasteiger charge is 2.67. The maximum absolute atomic E-state index is 13.0. The molecule has 3 unspecified atom stereocenters. The summed E-state index contributed by atoms with van der Waals surface area (Å²) in [5, 5.41) is 12.1. The van der Waals surface area contributed by atoms with Crippen LogP contribution in [0, 0.1) is 0 Å². The molecular formula is C20H22N2O6. The molecule has 2 N–H and O–H groups in total. The molecular weight excluding hydrogens is 364 g/mol. The highest BCUT2D eigenvalue weighted by molar-refractivity contribution is 6.04. The smallest absolute Gasteiger partial charge is 0.352 e. The zero-order valence-corrected chi connectivity index (χ0v) is 15.9. The lowest BCUT2D eigenvalue weighted by atomic mass is 9.89. The summed E-state index contributed by atoms with van der Waals surface area (Å²) in [4.78, 5) is 38.5. The molecule has 0 saturated carbocycles. The van der Waals surface area contributed by atoms with Crippen molar-refractivity contribution in [2.75, 3.05) is 13.7 Å². The molecule has 2 aliphatic rings. The lowest BCUT2D eigenvalue weighted by Crippen LogP contribution is -2.82. The van der Waals surface area contributed by atoms with E-state index >= 15 is 0 Å². The van der Waals surface area contributed by atoms with Gasteiger partial charge in [-0.2, -0.15) is 0 Å². The number of methoxy groups -OCH3 is 1. The number of aliphatic carboxylic acids is 1. The van der Waals surface area contributed by atoms with Gasteiger partial charge < -0.3 is 19.9 Å². The van der Waals surface area contributed by atoms with Crippen molar-refractivity contribution in [1.29, 1.82) is 0 Å². The van der Waals surface area contributed by atoms with Gasteiger partial charge >= 0.3 is 5.97 Å². The van der Waals surface area contributed by atoms with E-state index in [0.717, 1.165) is 4.90 Å². The first-order chi connectivity index (χ1) is 13.2. The molecule has 28 heavy (non-hydrogen) atoms.